The third-order valence-electron chi connectivity index (χ3n) is 4.55. The van der Waals surface area contributed by atoms with Crippen LogP contribution in [0.15, 0.2) is 53.0 Å². The van der Waals surface area contributed by atoms with Gasteiger partial charge in [0, 0.05) is 10.2 Å². The van der Waals surface area contributed by atoms with Crippen molar-refractivity contribution in [2.24, 2.45) is 0 Å². The van der Waals surface area contributed by atoms with Crippen LogP contribution in [-0.2, 0) is 14.8 Å². The third-order valence-corrected chi connectivity index (χ3v) is 6.21. The van der Waals surface area contributed by atoms with Crippen molar-refractivity contribution in [3.63, 3.8) is 0 Å². The lowest BCUT2D eigenvalue weighted by molar-refractivity contribution is -0.114. The zero-order valence-corrected chi connectivity index (χ0v) is 18.0. The van der Waals surface area contributed by atoms with Crippen molar-refractivity contribution in [1.82, 2.24) is 0 Å². The molecule has 3 rings (SSSR count). The fourth-order valence-corrected chi connectivity index (χ4v) is 4.27. The first-order chi connectivity index (χ1) is 13.3. The first-order valence-electron chi connectivity index (χ1n) is 9.11. The van der Waals surface area contributed by atoms with Gasteiger partial charge in [0.2, 0.25) is 15.9 Å². The van der Waals surface area contributed by atoms with E-state index in [1.165, 1.54) is 12.8 Å². The molecule has 0 atom stereocenters. The van der Waals surface area contributed by atoms with Crippen molar-refractivity contribution in [3.8, 4) is 5.75 Å². The third kappa shape index (κ3) is 5.72. The molecule has 1 aliphatic rings. The molecule has 0 unspecified atom stereocenters. The summed E-state index contributed by atoms with van der Waals surface area (Å²) in [7, 11) is -3.60. The van der Waals surface area contributed by atoms with E-state index >= 15 is 0 Å². The lowest BCUT2D eigenvalue weighted by Gasteiger charge is -2.22. The molecule has 0 aromatic heterocycles. The molecule has 2 aromatic rings. The number of hydrogen-bond acceptors (Lipinski definition) is 4. The Morgan fingerprint density at radius 1 is 1.11 bits per heavy atom. The average Bonchev–Trinajstić information content (AvgIpc) is 3.14. The largest absolute Gasteiger partial charge is 0.490 e. The van der Waals surface area contributed by atoms with Gasteiger partial charge < -0.3 is 10.1 Å². The number of hydrogen-bond donors (Lipinski definition) is 1. The molecule has 0 spiro atoms. The SMILES string of the molecule is CS(=O)(=O)N(CC(=O)Nc1ccc(OC2CCCC2)cc1)c1ccc(Br)cc1. The predicted octanol–water partition coefficient (Wildman–Crippen LogP) is 4.18. The summed E-state index contributed by atoms with van der Waals surface area (Å²) in [6.45, 7) is -0.305. The van der Waals surface area contributed by atoms with Crippen molar-refractivity contribution < 1.29 is 17.9 Å². The molecule has 0 aliphatic heterocycles. The van der Waals surface area contributed by atoms with Crippen LogP contribution in [0, 0.1) is 0 Å². The minimum atomic E-state index is -3.60. The molecule has 0 saturated heterocycles. The number of ether oxygens (including phenoxy) is 1. The second-order valence-corrected chi connectivity index (χ2v) is 9.67. The van der Waals surface area contributed by atoms with E-state index in [1.807, 2.05) is 12.1 Å². The first-order valence-corrected chi connectivity index (χ1v) is 11.8. The van der Waals surface area contributed by atoms with Gasteiger partial charge in [0.05, 0.1) is 18.0 Å². The molecule has 150 valence electrons. The highest BCUT2D eigenvalue weighted by Gasteiger charge is 2.21. The van der Waals surface area contributed by atoms with Gasteiger partial charge >= 0.3 is 0 Å². The Morgan fingerprint density at radius 3 is 2.29 bits per heavy atom. The van der Waals surface area contributed by atoms with Gasteiger partial charge in [-0.25, -0.2) is 8.42 Å². The maximum Gasteiger partial charge on any atom is 0.245 e. The Morgan fingerprint density at radius 2 is 1.71 bits per heavy atom. The molecule has 0 bridgehead atoms. The summed E-state index contributed by atoms with van der Waals surface area (Å²) in [6, 6.07) is 13.9. The van der Waals surface area contributed by atoms with Crippen LogP contribution in [0.1, 0.15) is 25.7 Å². The highest BCUT2D eigenvalue weighted by molar-refractivity contribution is 9.10. The number of nitrogens with zero attached hydrogens (tertiary/aromatic N) is 1. The zero-order chi connectivity index (χ0) is 20.1. The van der Waals surface area contributed by atoms with Gasteiger partial charge in [0.1, 0.15) is 12.3 Å². The van der Waals surface area contributed by atoms with Crippen molar-refractivity contribution >= 4 is 43.2 Å². The van der Waals surface area contributed by atoms with Gasteiger partial charge in [-0.1, -0.05) is 15.9 Å². The number of amides is 1. The van der Waals surface area contributed by atoms with Crippen molar-refractivity contribution in [1.29, 1.82) is 0 Å². The molecule has 6 nitrogen and oxygen atoms in total. The van der Waals surface area contributed by atoms with Crippen LogP contribution >= 0.6 is 15.9 Å². The lowest BCUT2D eigenvalue weighted by Crippen LogP contribution is -2.37. The molecule has 8 heteroatoms. The maximum atomic E-state index is 12.4. The number of nitrogens with one attached hydrogen (secondary N) is 1. The number of sulfonamides is 1. The van der Waals surface area contributed by atoms with Gasteiger partial charge in [0.15, 0.2) is 0 Å². The predicted molar refractivity (Wildman–Crippen MR) is 114 cm³/mol. The van der Waals surface area contributed by atoms with Crippen LogP contribution in [0.5, 0.6) is 5.75 Å². The second kappa shape index (κ2) is 8.96. The Hall–Kier alpha value is -2.06. The summed E-state index contributed by atoms with van der Waals surface area (Å²) in [5.74, 6) is 0.357. The molecule has 0 radical (unpaired) electrons. The van der Waals surface area contributed by atoms with Crippen LogP contribution in [0.25, 0.3) is 0 Å². The van der Waals surface area contributed by atoms with E-state index in [2.05, 4.69) is 21.2 Å². The standard InChI is InChI=1S/C20H23BrN2O4S/c1-28(25,26)23(17-10-6-15(21)7-11-17)14-20(24)22-16-8-12-19(13-9-16)27-18-4-2-3-5-18/h6-13,18H,2-5,14H2,1H3,(H,22,24). The molecular weight excluding hydrogens is 444 g/mol. The number of anilines is 2. The van der Waals surface area contributed by atoms with E-state index in [9.17, 15) is 13.2 Å². The lowest BCUT2D eigenvalue weighted by atomic mass is 10.2. The molecule has 2 aromatic carbocycles. The van der Waals surface area contributed by atoms with E-state index in [0.717, 1.165) is 33.6 Å². The highest BCUT2D eigenvalue weighted by Crippen LogP contribution is 2.25. The fourth-order valence-electron chi connectivity index (χ4n) is 3.15. The maximum absolute atomic E-state index is 12.4. The quantitative estimate of drug-likeness (QED) is 0.663. The van der Waals surface area contributed by atoms with E-state index in [1.54, 1.807) is 36.4 Å². The number of halogens is 1. The molecule has 1 saturated carbocycles. The molecule has 28 heavy (non-hydrogen) atoms. The molecule has 0 heterocycles. The normalized spacial score (nSPS) is 14.6. The summed E-state index contributed by atoms with van der Waals surface area (Å²) in [6.07, 6.45) is 5.92. The van der Waals surface area contributed by atoms with Crippen LogP contribution in [-0.4, -0.2) is 33.2 Å². The fraction of sp³-hybridized carbons (Fsp3) is 0.350. The molecular formula is C20H23BrN2O4S. The summed E-state index contributed by atoms with van der Waals surface area (Å²) in [4.78, 5) is 12.4. The van der Waals surface area contributed by atoms with Gasteiger partial charge in [-0.2, -0.15) is 0 Å². The average molecular weight is 467 g/mol. The minimum Gasteiger partial charge on any atom is -0.490 e. The Balaban J connectivity index is 1.63. The summed E-state index contributed by atoms with van der Waals surface area (Å²) < 4.78 is 32.1. The van der Waals surface area contributed by atoms with E-state index in [-0.39, 0.29) is 12.6 Å². The number of carbonyl (C=O) groups is 1. The van der Waals surface area contributed by atoms with Crippen LogP contribution < -0.4 is 14.4 Å². The van der Waals surface area contributed by atoms with Gasteiger partial charge in [0.25, 0.3) is 0 Å². The summed E-state index contributed by atoms with van der Waals surface area (Å²) in [5, 5.41) is 2.74. The minimum absolute atomic E-state index is 0.273. The van der Waals surface area contributed by atoms with Crippen LogP contribution in [0.3, 0.4) is 0 Å². The van der Waals surface area contributed by atoms with Crippen molar-refractivity contribution in [2.45, 2.75) is 31.8 Å². The van der Waals surface area contributed by atoms with Crippen molar-refractivity contribution in [3.05, 3.63) is 53.0 Å². The number of carbonyl (C=O) groups excluding carboxylic acids is 1. The van der Waals surface area contributed by atoms with E-state index in [4.69, 9.17) is 4.74 Å². The van der Waals surface area contributed by atoms with E-state index in [0.29, 0.717) is 11.4 Å². The smallest absolute Gasteiger partial charge is 0.245 e. The van der Waals surface area contributed by atoms with Gasteiger partial charge in [-0.15, -0.1) is 0 Å². The topological polar surface area (TPSA) is 75.7 Å². The Kier molecular flexibility index (Phi) is 6.61. The number of benzene rings is 2. The summed E-state index contributed by atoms with van der Waals surface area (Å²) in [5.41, 5.74) is 1.02. The molecule has 1 fully saturated rings. The molecule has 1 aliphatic carbocycles. The zero-order valence-electron chi connectivity index (χ0n) is 15.6. The van der Waals surface area contributed by atoms with Gasteiger partial charge in [-0.05, 0) is 74.2 Å². The molecule has 1 N–H and O–H groups in total. The summed E-state index contributed by atoms with van der Waals surface area (Å²) >= 11 is 3.32. The van der Waals surface area contributed by atoms with Crippen LogP contribution in [0.2, 0.25) is 0 Å². The van der Waals surface area contributed by atoms with E-state index < -0.39 is 15.9 Å². The monoisotopic (exact) mass is 466 g/mol. The van der Waals surface area contributed by atoms with Gasteiger partial charge in [-0.3, -0.25) is 9.10 Å². The Bertz CT molecular complexity index is 908. The van der Waals surface area contributed by atoms with Crippen LogP contribution in [0.4, 0.5) is 11.4 Å². The number of rotatable bonds is 7. The Labute approximate surface area is 174 Å². The van der Waals surface area contributed by atoms with Crippen molar-refractivity contribution in [2.75, 3.05) is 22.4 Å². The first kappa shape index (κ1) is 20.7. The molecule has 1 amide bonds. The second-order valence-electron chi connectivity index (χ2n) is 6.84. The highest BCUT2D eigenvalue weighted by atomic mass is 79.9.